The van der Waals surface area contributed by atoms with Crippen LogP contribution in [0.2, 0.25) is 19.6 Å². The summed E-state index contributed by atoms with van der Waals surface area (Å²) in [5.74, 6) is 0. The first-order chi connectivity index (χ1) is 9.48. The van der Waals surface area contributed by atoms with E-state index in [0.29, 0.717) is 0 Å². The van der Waals surface area contributed by atoms with Crippen LogP contribution in [0.5, 0.6) is 0 Å². The molecule has 0 aromatic heterocycles. The van der Waals surface area contributed by atoms with Gasteiger partial charge in [0.15, 0.2) is 8.32 Å². The normalized spacial score (nSPS) is 16.2. The van der Waals surface area contributed by atoms with E-state index in [1.54, 1.807) is 11.1 Å². The van der Waals surface area contributed by atoms with Crippen molar-refractivity contribution in [3.05, 3.63) is 47.6 Å². The Labute approximate surface area is 174 Å². The second kappa shape index (κ2) is 11.3. The molecule has 2 aliphatic carbocycles. The molecular weight excluding hydrogens is 422 g/mol. The minimum absolute atomic E-state index is 0. The SMILES string of the molecule is CCC(CCO[Si](C)(C)C)(C1=CC=CC1)C1=CC=CC1.[Cl-].[Cl-].[Zr+2]. The molecule has 128 valence electrons. The van der Waals surface area contributed by atoms with E-state index in [1.807, 2.05) is 0 Å². The van der Waals surface area contributed by atoms with Crippen LogP contribution in [0.15, 0.2) is 47.6 Å². The van der Waals surface area contributed by atoms with Gasteiger partial charge in [0.2, 0.25) is 0 Å². The molecule has 0 amide bonds. The van der Waals surface area contributed by atoms with Gasteiger partial charge in [0.1, 0.15) is 0 Å². The van der Waals surface area contributed by atoms with E-state index in [-0.39, 0.29) is 56.4 Å². The summed E-state index contributed by atoms with van der Waals surface area (Å²) in [5.41, 5.74) is 3.37. The van der Waals surface area contributed by atoms with Crippen LogP contribution >= 0.6 is 0 Å². The van der Waals surface area contributed by atoms with Crippen LogP contribution in [0.3, 0.4) is 0 Å². The Kier molecular flexibility index (Phi) is 12.6. The Morgan fingerprint density at radius 2 is 1.48 bits per heavy atom. The van der Waals surface area contributed by atoms with E-state index in [9.17, 15) is 0 Å². The Hall–Kier alpha value is 0.600. The molecule has 0 aromatic rings. The summed E-state index contributed by atoms with van der Waals surface area (Å²) >= 11 is 0. The number of rotatable bonds is 7. The van der Waals surface area contributed by atoms with Crippen molar-refractivity contribution in [3.63, 3.8) is 0 Å². The molecule has 0 fully saturated rings. The summed E-state index contributed by atoms with van der Waals surface area (Å²) in [6, 6.07) is 0. The average Bonchev–Trinajstić information content (AvgIpc) is 3.06. The molecule has 0 atom stereocenters. The maximum Gasteiger partial charge on any atom is 2.00 e. The van der Waals surface area contributed by atoms with Gasteiger partial charge in [-0.3, -0.25) is 0 Å². The van der Waals surface area contributed by atoms with Gasteiger partial charge in [-0.1, -0.05) is 54.5 Å². The smallest absolute Gasteiger partial charge is 1.00 e. The molecule has 23 heavy (non-hydrogen) atoms. The van der Waals surface area contributed by atoms with Crippen LogP contribution in [0, 0.1) is 5.41 Å². The zero-order valence-electron chi connectivity index (χ0n) is 14.7. The van der Waals surface area contributed by atoms with Crippen molar-refractivity contribution < 1.29 is 55.4 Å². The first-order valence-electron chi connectivity index (χ1n) is 7.84. The molecule has 0 spiro atoms. The molecule has 2 aliphatic rings. The van der Waals surface area contributed by atoms with E-state index in [4.69, 9.17) is 4.43 Å². The van der Waals surface area contributed by atoms with Crippen LogP contribution in [-0.2, 0) is 30.6 Å². The molecule has 1 nitrogen and oxygen atoms in total. The first-order valence-corrected chi connectivity index (χ1v) is 11.2. The fraction of sp³-hybridized carbons (Fsp3) is 0.556. The topological polar surface area (TPSA) is 9.23 Å². The van der Waals surface area contributed by atoms with E-state index < -0.39 is 8.32 Å². The molecule has 2 rings (SSSR count). The fourth-order valence-electron chi connectivity index (χ4n) is 3.29. The van der Waals surface area contributed by atoms with Gasteiger partial charge in [-0.2, -0.15) is 0 Å². The second-order valence-corrected chi connectivity index (χ2v) is 11.3. The van der Waals surface area contributed by atoms with E-state index in [1.165, 1.54) is 6.42 Å². The molecule has 0 saturated heterocycles. The zero-order chi connectivity index (χ0) is 14.6. The summed E-state index contributed by atoms with van der Waals surface area (Å²) in [6.45, 7) is 10.0. The van der Waals surface area contributed by atoms with Crippen molar-refractivity contribution in [2.45, 2.75) is 52.2 Å². The van der Waals surface area contributed by atoms with Crippen molar-refractivity contribution in [1.82, 2.24) is 0 Å². The third-order valence-electron chi connectivity index (χ3n) is 4.44. The first kappa shape index (κ1) is 25.8. The van der Waals surface area contributed by atoms with Crippen molar-refractivity contribution in [3.8, 4) is 0 Å². The van der Waals surface area contributed by atoms with Crippen LogP contribution in [0.1, 0.15) is 32.6 Å². The molecule has 5 heteroatoms. The van der Waals surface area contributed by atoms with E-state index in [0.717, 1.165) is 25.9 Å². The van der Waals surface area contributed by atoms with Gasteiger partial charge in [-0.05, 0) is 45.3 Å². The van der Waals surface area contributed by atoms with Gasteiger partial charge in [0.25, 0.3) is 0 Å². The van der Waals surface area contributed by atoms with Gasteiger partial charge in [-0.25, -0.2) is 0 Å². The Balaban J connectivity index is 0. The van der Waals surface area contributed by atoms with Crippen LogP contribution in [0.4, 0.5) is 0 Å². The molecule has 0 aromatic carbocycles. The van der Waals surface area contributed by atoms with E-state index in [2.05, 4.69) is 63.0 Å². The maximum absolute atomic E-state index is 6.15. The standard InChI is InChI=1S/C18H28OSi.2ClH.Zr/c1-5-18(16-10-6-7-11-16,17-12-8-9-13-17)14-15-19-20(2,3)4;;;/h6-10,12H,5,11,13-15H2,1-4H3;2*1H;/q;;;+2/p-2. The van der Waals surface area contributed by atoms with Gasteiger partial charge in [0.05, 0.1) is 0 Å². The van der Waals surface area contributed by atoms with Gasteiger partial charge < -0.3 is 29.2 Å². The molecule has 0 unspecified atom stereocenters. The third-order valence-corrected chi connectivity index (χ3v) is 5.51. The molecule has 0 saturated carbocycles. The molecule has 0 N–H and O–H groups in total. The molecule has 0 radical (unpaired) electrons. The van der Waals surface area contributed by atoms with Crippen molar-refractivity contribution in [2.24, 2.45) is 5.41 Å². The summed E-state index contributed by atoms with van der Waals surface area (Å²) in [7, 11) is -1.42. The fourth-order valence-corrected chi connectivity index (χ4v) is 4.01. The minimum Gasteiger partial charge on any atom is -1.00 e. The largest absolute Gasteiger partial charge is 2.00 e. The number of allylic oxidation sites excluding steroid dienone is 8. The van der Waals surface area contributed by atoms with Gasteiger partial charge in [-0.15, -0.1) is 0 Å². The number of hydrogen-bond acceptors (Lipinski definition) is 1. The van der Waals surface area contributed by atoms with Gasteiger partial charge in [0, 0.05) is 12.0 Å². The summed E-state index contributed by atoms with van der Waals surface area (Å²) in [4.78, 5) is 0. The quantitative estimate of drug-likeness (QED) is 0.471. The zero-order valence-corrected chi connectivity index (χ0v) is 19.6. The van der Waals surface area contributed by atoms with Crippen LogP contribution in [-0.4, -0.2) is 14.9 Å². The van der Waals surface area contributed by atoms with Crippen LogP contribution in [0.25, 0.3) is 0 Å². The van der Waals surface area contributed by atoms with Crippen LogP contribution < -0.4 is 24.8 Å². The van der Waals surface area contributed by atoms with Crippen molar-refractivity contribution >= 4 is 8.32 Å². The summed E-state index contributed by atoms with van der Waals surface area (Å²) in [6.07, 6.45) is 18.1. The molecule has 0 bridgehead atoms. The Bertz CT molecular complexity index is 446. The van der Waals surface area contributed by atoms with Crippen molar-refractivity contribution in [1.29, 1.82) is 0 Å². The number of hydrogen-bond donors (Lipinski definition) is 0. The third kappa shape index (κ3) is 6.78. The second-order valence-electron chi connectivity index (χ2n) is 6.79. The van der Waals surface area contributed by atoms with E-state index >= 15 is 0 Å². The summed E-state index contributed by atoms with van der Waals surface area (Å²) < 4.78 is 6.15. The van der Waals surface area contributed by atoms with Crippen molar-refractivity contribution in [2.75, 3.05) is 6.61 Å². The molecular formula is C18H28Cl2OSiZr. The Morgan fingerprint density at radius 3 is 1.78 bits per heavy atom. The van der Waals surface area contributed by atoms with Gasteiger partial charge >= 0.3 is 26.2 Å². The predicted octanol–water partition coefficient (Wildman–Crippen LogP) is -0.597. The summed E-state index contributed by atoms with van der Waals surface area (Å²) in [5, 5.41) is 0. The Morgan fingerprint density at radius 1 is 1.00 bits per heavy atom. The maximum atomic E-state index is 6.15. The minimum atomic E-state index is -1.42. The monoisotopic (exact) mass is 448 g/mol. The predicted molar refractivity (Wildman–Crippen MR) is 90.3 cm³/mol. The number of halogens is 2. The molecule has 0 aliphatic heterocycles. The molecule has 0 heterocycles. The average molecular weight is 451 g/mol.